The third kappa shape index (κ3) is 3.51. The second-order valence-corrected chi connectivity index (χ2v) is 7.76. The molecule has 0 saturated carbocycles. The molecular weight excluding hydrogens is 324 g/mol. The Morgan fingerprint density at radius 3 is 2.65 bits per heavy atom. The fourth-order valence-corrected chi connectivity index (χ4v) is 4.21. The Bertz CT molecular complexity index is 835. The van der Waals surface area contributed by atoms with Gasteiger partial charge in [-0.3, -0.25) is 4.79 Å². The lowest BCUT2D eigenvalue weighted by molar-refractivity contribution is 0.0781. The maximum atomic E-state index is 12.6. The minimum absolute atomic E-state index is 0.0351. The van der Waals surface area contributed by atoms with Crippen LogP contribution in [0.15, 0.2) is 41.8 Å². The van der Waals surface area contributed by atoms with Crippen LogP contribution in [0.2, 0.25) is 0 Å². The average Bonchev–Trinajstić information content (AvgIpc) is 3.16. The van der Waals surface area contributed by atoms with E-state index in [-0.39, 0.29) is 5.91 Å². The molecule has 2 heterocycles. The number of hydrogen-bond acceptors (Lipinski definition) is 4. The molecule has 2 aromatic heterocycles. The molecule has 0 N–H and O–H groups in total. The molecule has 1 amide bonds. The van der Waals surface area contributed by atoms with E-state index >= 15 is 0 Å². The smallest absolute Gasteiger partial charge is 0.273 e. The number of carbonyl (C=O) groups is 1. The van der Waals surface area contributed by atoms with Crippen molar-refractivity contribution < 1.29 is 4.79 Å². The molecule has 0 radical (unpaired) electrons. The van der Waals surface area contributed by atoms with Gasteiger partial charge in [-0.25, -0.2) is 4.98 Å². The van der Waals surface area contributed by atoms with Gasteiger partial charge in [0.25, 0.3) is 5.91 Å². The maximum absolute atomic E-state index is 12.6. The van der Waals surface area contributed by atoms with E-state index in [4.69, 9.17) is 0 Å². The number of rotatable bonds is 4. The summed E-state index contributed by atoms with van der Waals surface area (Å²) in [6.45, 7) is 4.75. The van der Waals surface area contributed by atoms with Gasteiger partial charge in [-0.2, -0.15) is 0 Å². The predicted molar refractivity (Wildman–Crippen MR) is 97.1 cm³/mol. The van der Waals surface area contributed by atoms with Gasteiger partial charge in [0.15, 0.2) is 0 Å². The Labute approximate surface area is 144 Å². The standard InChI is InChI=1S/C18H18N2OS2/c1-12-6-4-5-7-15(12)17-19-16(11-22-17)18(21)20(3)10-14-9-8-13(2)23-14/h4-9,11H,10H2,1-3H3. The molecule has 1 aromatic carbocycles. The van der Waals surface area contributed by atoms with Crippen molar-refractivity contribution in [3.63, 3.8) is 0 Å². The number of aromatic nitrogens is 1. The number of thiazole rings is 1. The first-order valence-electron chi connectivity index (χ1n) is 7.37. The summed E-state index contributed by atoms with van der Waals surface area (Å²) in [7, 11) is 1.82. The van der Waals surface area contributed by atoms with E-state index in [1.807, 2.05) is 30.6 Å². The monoisotopic (exact) mass is 342 g/mol. The zero-order valence-electron chi connectivity index (χ0n) is 13.4. The Morgan fingerprint density at radius 1 is 1.17 bits per heavy atom. The van der Waals surface area contributed by atoms with E-state index in [2.05, 4.69) is 37.0 Å². The van der Waals surface area contributed by atoms with Crippen molar-refractivity contribution in [2.24, 2.45) is 0 Å². The SMILES string of the molecule is Cc1ccc(CN(C)C(=O)c2csc(-c3ccccc3C)n2)s1. The maximum Gasteiger partial charge on any atom is 0.273 e. The molecule has 0 aliphatic rings. The molecule has 3 aromatic rings. The van der Waals surface area contributed by atoms with Crippen LogP contribution in [-0.2, 0) is 6.54 Å². The number of hydrogen-bond donors (Lipinski definition) is 0. The minimum atomic E-state index is -0.0351. The summed E-state index contributed by atoms with van der Waals surface area (Å²) < 4.78 is 0. The van der Waals surface area contributed by atoms with Crippen LogP contribution >= 0.6 is 22.7 Å². The molecule has 0 unspecified atom stereocenters. The van der Waals surface area contributed by atoms with Crippen molar-refractivity contribution in [2.75, 3.05) is 7.05 Å². The van der Waals surface area contributed by atoms with E-state index in [1.54, 1.807) is 16.2 Å². The van der Waals surface area contributed by atoms with Gasteiger partial charge in [0, 0.05) is 27.7 Å². The van der Waals surface area contributed by atoms with Crippen molar-refractivity contribution >= 4 is 28.6 Å². The Balaban J connectivity index is 1.77. The van der Waals surface area contributed by atoms with Crippen LogP contribution in [0, 0.1) is 13.8 Å². The van der Waals surface area contributed by atoms with E-state index in [0.29, 0.717) is 12.2 Å². The molecule has 3 nitrogen and oxygen atoms in total. The van der Waals surface area contributed by atoms with Crippen LogP contribution in [-0.4, -0.2) is 22.8 Å². The van der Waals surface area contributed by atoms with E-state index < -0.39 is 0 Å². The molecule has 3 rings (SSSR count). The highest BCUT2D eigenvalue weighted by Gasteiger charge is 2.17. The Kier molecular flexibility index (Phi) is 4.59. The van der Waals surface area contributed by atoms with Crippen LogP contribution in [0.4, 0.5) is 0 Å². The summed E-state index contributed by atoms with van der Waals surface area (Å²) >= 11 is 3.24. The van der Waals surface area contributed by atoms with Crippen LogP contribution in [0.1, 0.15) is 25.8 Å². The van der Waals surface area contributed by atoms with Gasteiger partial charge in [0.05, 0.1) is 6.54 Å². The molecule has 0 bridgehead atoms. The second-order valence-electron chi connectivity index (χ2n) is 5.53. The molecular formula is C18H18N2OS2. The minimum Gasteiger partial charge on any atom is -0.335 e. The van der Waals surface area contributed by atoms with Gasteiger partial charge in [-0.1, -0.05) is 24.3 Å². The van der Waals surface area contributed by atoms with Crippen molar-refractivity contribution in [2.45, 2.75) is 20.4 Å². The van der Waals surface area contributed by atoms with E-state index in [0.717, 1.165) is 10.6 Å². The second kappa shape index (κ2) is 6.64. The fraction of sp³-hybridized carbons (Fsp3) is 0.222. The van der Waals surface area contributed by atoms with Crippen molar-refractivity contribution in [1.82, 2.24) is 9.88 Å². The predicted octanol–water partition coefficient (Wildman–Crippen LogP) is 4.76. The third-order valence-electron chi connectivity index (χ3n) is 3.63. The molecule has 118 valence electrons. The van der Waals surface area contributed by atoms with Crippen LogP contribution < -0.4 is 0 Å². The number of carbonyl (C=O) groups excluding carboxylic acids is 1. The van der Waals surface area contributed by atoms with Gasteiger partial charge in [0.1, 0.15) is 10.7 Å². The van der Waals surface area contributed by atoms with Crippen molar-refractivity contribution in [1.29, 1.82) is 0 Å². The van der Waals surface area contributed by atoms with Crippen molar-refractivity contribution in [3.8, 4) is 10.6 Å². The topological polar surface area (TPSA) is 33.2 Å². The lowest BCUT2D eigenvalue weighted by Gasteiger charge is -2.14. The number of thiophene rings is 1. The summed E-state index contributed by atoms with van der Waals surface area (Å²) in [5.74, 6) is -0.0351. The Hall–Kier alpha value is -1.98. The lowest BCUT2D eigenvalue weighted by atomic mass is 10.1. The highest BCUT2D eigenvalue weighted by atomic mass is 32.1. The van der Waals surface area contributed by atoms with Crippen molar-refractivity contribution in [3.05, 3.63) is 62.8 Å². The summed E-state index contributed by atoms with van der Waals surface area (Å²) in [6, 6.07) is 12.3. The quantitative estimate of drug-likeness (QED) is 0.685. The highest BCUT2D eigenvalue weighted by molar-refractivity contribution is 7.13. The molecule has 5 heteroatoms. The van der Waals surface area contributed by atoms with E-state index in [9.17, 15) is 4.79 Å². The molecule has 23 heavy (non-hydrogen) atoms. The van der Waals surface area contributed by atoms with Crippen LogP contribution in [0.5, 0.6) is 0 Å². The molecule has 0 atom stereocenters. The average molecular weight is 342 g/mol. The third-order valence-corrected chi connectivity index (χ3v) is 5.50. The molecule has 0 aliphatic heterocycles. The number of amides is 1. The fourth-order valence-electron chi connectivity index (χ4n) is 2.38. The number of nitrogens with zero attached hydrogens (tertiary/aromatic N) is 2. The Morgan fingerprint density at radius 2 is 1.96 bits per heavy atom. The molecule has 0 saturated heterocycles. The number of benzene rings is 1. The van der Waals surface area contributed by atoms with Gasteiger partial charge in [0.2, 0.25) is 0 Å². The van der Waals surface area contributed by atoms with Gasteiger partial charge in [-0.15, -0.1) is 22.7 Å². The molecule has 0 fully saturated rings. The normalized spacial score (nSPS) is 10.7. The van der Waals surface area contributed by atoms with Crippen LogP contribution in [0.3, 0.4) is 0 Å². The van der Waals surface area contributed by atoms with Gasteiger partial charge in [-0.05, 0) is 31.5 Å². The lowest BCUT2D eigenvalue weighted by Crippen LogP contribution is -2.26. The zero-order chi connectivity index (χ0) is 16.4. The molecule has 0 spiro atoms. The summed E-state index contributed by atoms with van der Waals surface area (Å²) in [4.78, 5) is 21.3. The first kappa shape index (κ1) is 15.9. The number of aryl methyl sites for hydroxylation is 2. The van der Waals surface area contributed by atoms with Gasteiger partial charge < -0.3 is 4.90 Å². The molecule has 0 aliphatic carbocycles. The first-order valence-corrected chi connectivity index (χ1v) is 9.06. The highest BCUT2D eigenvalue weighted by Crippen LogP contribution is 2.27. The summed E-state index contributed by atoms with van der Waals surface area (Å²) in [5.41, 5.74) is 2.78. The summed E-state index contributed by atoms with van der Waals surface area (Å²) in [5, 5.41) is 2.74. The zero-order valence-corrected chi connectivity index (χ0v) is 15.0. The largest absolute Gasteiger partial charge is 0.335 e. The summed E-state index contributed by atoms with van der Waals surface area (Å²) in [6.07, 6.45) is 0. The van der Waals surface area contributed by atoms with Crippen LogP contribution in [0.25, 0.3) is 10.6 Å². The van der Waals surface area contributed by atoms with Gasteiger partial charge >= 0.3 is 0 Å². The first-order chi connectivity index (χ1) is 11.0. The van der Waals surface area contributed by atoms with E-state index in [1.165, 1.54) is 26.7 Å².